The second-order valence-corrected chi connectivity index (χ2v) is 7.69. The fourth-order valence-corrected chi connectivity index (χ4v) is 3.87. The first-order chi connectivity index (χ1) is 9.88. The van der Waals surface area contributed by atoms with Crippen molar-refractivity contribution < 1.29 is 9.84 Å². The molecule has 2 fully saturated rings. The van der Waals surface area contributed by atoms with Crippen LogP contribution in [0.1, 0.15) is 64.4 Å². The lowest BCUT2D eigenvalue weighted by atomic mass is 9.89. The number of ether oxygens (including phenoxy) is 1. The smallest absolute Gasteiger partial charge is 0.161 e. The second kappa shape index (κ2) is 5.20. The van der Waals surface area contributed by atoms with Gasteiger partial charge in [-0.2, -0.15) is 0 Å². The molecule has 21 heavy (non-hydrogen) atoms. The quantitative estimate of drug-likeness (QED) is 0.881. The van der Waals surface area contributed by atoms with Crippen LogP contribution in [-0.2, 0) is 5.54 Å². The third-order valence-electron chi connectivity index (χ3n) is 5.25. The Balaban J connectivity index is 1.79. The molecule has 1 atom stereocenters. The standard InChI is InChI=1S/C18H27NO2/c1-17(2)10-7-14(12-17)21-16-11-13(5-6-15(16)20)18(19)8-3-4-9-18/h5-6,11,14,20H,3-4,7-10,12,19H2,1-2H3. The van der Waals surface area contributed by atoms with Crippen LogP contribution in [0.4, 0.5) is 0 Å². The molecule has 2 saturated carbocycles. The number of hydrogen-bond donors (Lipinski definition) is 2. The van der Waals surface area contributed by atoms with Crippen molar-refractivity contribution in [3.63, 3.8) is 0 Å². The Labute approximate surface area is 127 Å². The van der Waals surface area contributed by atoms with Gasteiger partial charge in [0.1, 0.15) is 0 Å². The zero-order chi connectivity index (χ0) is 15.1. The van der Waals surface area contributed by atoms with Crippen LogP contribution in [0.5, 0.6) is 11.5 Å². The van der Waals surface area contributed by atoms with Crippen molar-refractivity contribution in [1.29, 1.82) is 0 Å². The van der Waals surface area contributed by atoms with Gasteiger partial charge in [0.05, 0.1) is 6.10 Å². The van der Waals surface area contributed by atoms with Gasteiger partial charge in [-0.25, -0.2) is 0 Å². The van der Waals surface area contributed by atoms with Gasteiger partial charge in [0.15, 0.2) is 11.5 Å². The maximum absolute atomic E-state index is 10.1. The molecular weight excluding hydrogens is 262 g/mol. The maximum Gasteiger partial charge on any atom is 0.161 e. The van der Waals surface area contributed by atoms with E-state index >= 15 is 0 Å². The maximum atomic E-state index is 10.1. The summed E-state index contributed by atoms with van der Waals surface area (Å²) in [4.78, 5) is 0. The zero-order valence-electron chi connectivity index (χ0n) is 13.2. The lowest BCUT2D eigenvalue weighted by Crippen LogP contribution is -2.33. The van der Waals surface area contributed by atoms with E-state index in [1.54, 1.807) is 6.07 Å². The minimum atomic E-state index is -0.235. The highest BCUT2D eigenvalue weighted by Crippen LogP contribution is 2.42. The average molecular weight is 289 g/mol. The van der Waals surface area contributed by atoms with Crippen LogP contribution in [-0.4, -0.2) is 11.2 Å². The average Bonchev–Trinajstić information content (AvgIpc) is 2.99. The molecule has 116 valence electrons. The van der Waals surface area contributed by atoms with Crippen molar-refractivity contribution in [2.45, 2.75) is 70.4 Å². The fourth-order valence-electron chi connectivity index (χ4n) is 3.87. The molecule has 3 heteroatoms. The molecule has 0 spiro atoms. The molecule has 1 aromatic rings. The van der Waals surface area contributed by atoms with E-state index < -0.39 is 0 Å². The first-order valence-corrected chi connectivity index (χ1v) is 8.17. The van der Waals surface area contributed by atoms with E-state index in [2.05, 4.69) is 13.8 Å². The SMILES string of the molecule is CC1(C)CCC(Oc2cc(C3(N)CCCC3)ccc2O)C1. The molecule has 0 amide bonds. The summed E-state index contributed by atoms with van der Waals surface area (Å²) in [6.07, 6.45) is 7.91. The number of phenols is 1. The van der Waals surface area contributed by atoms with Crippen molar-refractivity contribution in [2.24, 2.45) is 11.1 Å². The van der Waals surface area contributed by atoms with Crippen molar-refractivity contribution in [1.82, 2.24) is 0 Å². The summed E-state index contributed by atoms with van der Waals surface area (Å²) in [6.45, 7) is 4.56. The van der Waals surface area contributed by atoms with Crippen LogP contribution >= 0.6 is 0 Å². The van der Waals surface area contributed by atoms with Crippen molar-refractivity contribution >= 4 is 0 Å². The van der Waals surface area contributed by atoms with Crippen molar-refractivity contribution in [3.8, 4) is 11.5 Å². The molecule has 3 N–H and O–H groups in total. The molecule has 0 aliphatic heterocycles. The molecule has 2 aliphatic carbocycles. The highest BCUT2D eigenvalue weighted by Gasteiger charge is 2.34. The minimum Gasteiger partial charge on any atom is -0.504 e. The van der Waals surface area contributed by atoms with Crippen LogP contribution in [0.3, 0.4) is 0 Å². The van der Waals surface area contributed by atoms with Gasteiger partial charge in [-0.15, -0.1) is 0 Å². The summed E-state index contributed by atoms with van der Waals surface area (Å²) < 4.78 is 6.08. The summed E-state index contributed by atoms with van der Waals surface area (Å²) in [5.41, 5.74) is 7.73. The van der Waals surface area contributed by atoms with Gasteiger partial charge in [-0.3, -0.25) is 0 Å². The Hall–Kier alpha value is -1.22. The van der Waals surface area contributed by atoms with Gasteiger partial charge in [0.2, 0.25) is 0 Å². The predicted octanol–water partition coefficient (Wildman–Crippen LogP) is 4.08. The highest BCUT2D eigenvalue weighted by atomic mass is 16.5. The van der Waals surface area contributed by atoms with Crippen LogP contribution < -0.4 is 10.5 Å². The largest absolute Gasteiger partial charge is 0.504 e. The molecule has 3 rings (SSSR count). The normalized spacial score (nSPS) is 26.9. The lowest BCUT2D eigenvalue weighted by molar-refractivity contribution is 0.186. The summed E-state index contributed by atoms with van der Waals surface area (Å²) in [7, 11) is 0. The summed E-state index contributed by atoms with van der Waals surface area (Å²) in [5.74, 6) is 0.831. The molecule has 3 nitrogen and oxygen atoms in total. The first-order valence-electron chi connectivity index (χ1n) is 8.17. The van der Waals surface area contributed by atoms with E-state index in [0.717, 1.165) is 31.2 Å². The first kappa shape index (κ1) is 14.7. The molecule has 0 bridgehead atoms. The van der Waals surface area contributed by atoms with Gasteiger partial charge in [0.25, 0.3) is 0 Å². The Bertz CT molecular complexity index is 518. The Kier molecular flexibility index (Phi) is 3.64. The molecule has 1 unspecified atom stereocenters. The molecule has 0 aromatic heterocycles. The zero-order valence-corrected chi connectivity index (χ0v) is 13.2. The van der Waals surface area contributed by atoms with Gasteiger partial charge in [-0.1, -0.05) is 32.8 Å². The van der Waals surface area contributed by atoms with E-state index in [9.17, 15) is 5.11 Å². The minimum absolute atomic E-state index is 0.207. The van der Waals surface area contributed by atoms with E-state index in [4.69, 9.17) is 10.5 Å². The van der Waals surface area contributed by atoms with Crippen LogP contribution in [0.2, 0.25) is 0 Å². The molecule has 2 aliphatic rings. The Morgan fingerprint density at radius 2 is 1.90 bits per heavy atom. The second-order valence-electron chi connectivity index (χ2n) is 7.69. The van der Waals surface area contributed by atoms with Crippen molar-refractivity contribution in [2.75, 3.05) is 0 Å². The Morgan fingerprint density at radius 1 is 1.19 bits per heavy atom. The molecule has 0 radical (unpaired) electrons. The number of phenolic OH excluding ortho intramolecular Hbond substituents is 1. The number of nitrogens with two attached hydrogens (primary N) is 1. The number of aromatic hydroxyl groups is 1. The molecule has 1 aromatic carbocycles. The van der Waals surface area contributed by atoms with Crippen LogP contribution in [0.25, 0.3) is 0 Å². The monoisotopic (exact) mass is 289 g/mol. The third kappa shape index (κ3) is 3.03. The van der Waals surface area contributed by atoms with Crippen molar-refractivity contribution in [3.05, 3.63) is 23.8 Å². The van der Waals surface area contributed by atoms with Gasteiger partial charge in [0, 0.05) is 5.54 Å². The van der Waals surface area contributed by atoms with E-state index in [1.807, 2.05) is 12.1 Å². The van der Waals surface area contributed by atoms with Gasteiger partial charge < -0.3 is 15.6 Å². The summed E-state index contributed by atoms with van der Waals surface area (Å²) in [6, 6.07) is 5.65. The van der Waals surface area contributed by atoms with Gasteiger partial charge >= 0.3 is 0 Å². The number of rotatable bonds is 3. The molecular formula is C18H27NO2. The van der Waals surface area contributed by atoms with E-state index in [0.29, 0.717) is 11.2 Å². The van der Waals surface area contributed by atoms with Crippen LogP contribution in [0.15, 0.2) is 18.2 Å². The summed E-state index contributed by atoms with van der Waals surface area (Å²) in [5, 5.41) is 10.1. The number of benzene rings is 1. The Morgan fingerprint density at radius 3 is 2.52 bits per heavy atom. The molecule has 0 saturated heterocycles. The van der Waals surface area contributed by atoms with Crippen LogP contribution in [0, 0.1) is 5.41 Å². The fraction of sp³-hybridized carbons (Fsp3) is 0.667. The predicted molar refractivity (Wildman–Crippen MR) is 84.5 cm³/mol. The lowest BCUT2D eigenvalue weighted by Gasteiger charge is -2.25. The highest BCUT2D eigenvalue weighted by molar-refractivity contribution is 5.44. The summed E-state index contributed by atoms with van der Waals surface area (Å²) >= 11 is 0. The molecule has 0 heterocycles. The van der Waals surface area contributed by atoms with Gasteiger partial charge in [-0.05, 0) is 55.2 Å². The number of hydrogen-bond acceptors (Lipinski definition) is 3. The topological polar surface area (TPSA) is 55.5 Å². The van der Waals surface area contributed by atoms with E-state index in [-0.39, 0.29) is 17.4 Å². The van der Waals surface area contributed by atoms with E-state index in [1.165, 1.54) is 19.3 Å². The third-order valence-corrected chi connectivity index (χ3v) is 5.25.